The Kier molecular flexibility index (Phi) is 7.33. The van der Waals surface area contributed by atoms with Gasteiger partial charge in [0.15, 0.2) is 0 Å². The normalized spacial score (nSPS) is 19.9. The third-order valence-electron chi connectivity index (χ3n) is 5.62. The number of anilines is 1. The molecule has 0 amide bonds. The van der Waals surface area contributed by atoms with E-state index in [9.17, 15) is 18.3 Å². The highest BCUT2D eigenvalue weighted by Crippen LogP contribution is 2.34. The lowest BCUT2D eigenvalue weighted by atomic mass is 10.1. The molecule has 30 heavy (non-hydrogen) atoms. The summed E-state index contributed by atoms with van der Waals surface area (Å²) < 4.78 is 27.3. The molecule has 2 aliphatic rings. The predicted octanol–water partition coefficient (Wildman–Crippen LogP) is 2.90. The molecule has 2 heterocycles. The van der Waals surface area contributed by atoms with Gasteiger partial charge in [0.2, 0.25) is 10.0 Å². The van der Waals surface area contributed by atoms with Crippen LogP contribution in [-0.2, 0) is 14.8 Å². The molecule has 8 heteroatoms. The molecular formula is C22H31N3O4S. The molecule has 0 saturated carbocycles. The van der Waals surface area contributed by atoms with Gasteiger partial charge in [0.1, 0.15) is 6.04 Å². The van der Waals surface area contributed by atoms with Crippen LogP contribution >= 0.6 is 0 Å². The van der Waals surface area contributed by atoms with Crippen molar-refractivity contribution in [2.24, 2.45) is 0 Å². The van der Waals surface area contributed by atoms with E-state index in [4.69, 9.17) is 0 Å². The first-order chi connectivity index (χ1) is 14.3. The van der Waals surface area contributed by atoms with E-state index >= 15 is 0 Å². The minimum atomic E-state index is -3.87. The predicted molar refractivity (Wildman–Crippen MR) is 120 cm³/mol. The lowest BCUT2D eigenvalue weighted by molar-refractivity contribution is -0.140. The van der Waals surface area contributed by atoms with Crippen molar-refractivity contribution in [2.75, 3.05) is 38.6 Å². The smallest absolute Gasteiger partial charge is 0.322 e. The second-order valence-electron chi connectivity index (χ2n) is 7.95. The third-order valence-corrected chi connectivity index (χ3v) is 7.59. The van der Waals surface area contributed by atoms with Gasteiger partial charge in [-0.1, -0.05) is 30.7 Å². The molecule has 2 N–H and O–H groups in total. The standard InChI is InChI=1S/C17H20N2O4S.C5H11N/c1-18(2)14-8-3-7-13-12(14)6-4-10-16(13)24(22,23)19-11-5-9-15(19)17(20)21;1-2-4-6-5-3-1/h3-4,6-8,10,15H,5,9,11H2,1-2H3,(H,20,21);6H,1-5H2/t15-;/m0./s1. The molecule has 164 valence electrons. The quantitative estimate of drug-likeness (QED) is 0.771. The van der Waals surface area contributed by atoms with Crippen LogP contribution in [0.25, 0.3) is 10.8 Å². The summed E-state index contributed by atoms with van der Waals surface area (Å²) in [5, 5.41) is 14.0. The van der Waals surface area contributed by atoms with Crippen LogP contribution in [-0.4, -0.2) is 63.6 Å². The van der Waals surface area contributed by atoms with Gasteiger partial charge in [-0.2, -0.15) is 4.31 Å². The number of benzene rings is 2. The SMILES string of the molecule is C1CCNCC1.CN(C)c1cccc2c(S(=O)(=O)N3CCC[C@H]3C(=O)O)cccc12. The van der Waals surface area contributed by atoms with Crippen molar-refractivity contribution < 1.29 is 18.3 Å². The Morgan fingerprint density at radius 2 is 1.70 bits per heavy atom. The van der Waals surface area contributed by atoms with E-state index in [1.54, 1.807) is 18.2 Å². The molecule has 0 spiro atoms. The molecule has 2 saturated heterocycles. The zero-order chi connectivity index (χ0) is 21.7. The molecule has 2 fully saturated rings. The number of nitrogens with zero attached hydrogens (tertiary/aromatic N) is 2. The van der Waals surface area contributed by atoms with E-state index in [1.165, 1.54) is 32.4 Å². The number of nitrogens with one attached hydrogen (secondary N) is 1. The fourth-order valence-electron chi connectivity index (χ4n) is 4.08. The van der Waals surface area contributed by atoms with Crippen LogP contribution in [0.2, 0.25) is 0 Å². The monoisotopic (exact) mass is 433 g/mol. The topological polar surface area (TPSA) is 90.0 Å². The zero-order valence-electron chi connectivity index (χ0n) is 17.7. The fraction of sp³-hybridized carbons (Fsp3) is 0.500. The summed E-state index contributed by atoms with van der Waals surface area (Å²) >= 11 is 0. The maximum atomic E-state index is 13.1. The summed E-state index contributed by atoms with van der Waals surface area (Å²) in [6, 6.07) is 9.65. The molecule has 0 radical (unpaired) electrons. The van der Waals surface area contributed by atoms with E-state index in [2.05, 4.69) is 5.32 Å². The maximum absolute atomic E-state index is 13.1. The zero-order valence-corrected chi connectivity index (χ0v) is 18.5. The van der Waals surface area contributed by atoms with Crippen molar-refractivity contribution in [3.05, 3.63) is 36.4 Å². The largest absolute Gasteiger partial charge is 0.480 e. The molecule has 0 unspecified atom stereocenters. The summed E-state index contributed by atoms with van der Waals surface area (Å²) in [4.78, 5) is 13.5. The lowest BCUT2D eigenvalue weighted by Crippen LogP contribution is -2.40. The van der Waals surface area contributed by atoms with Gasteiger partial charge in [-0.25, -0.2) is 8.42 Å². The first kappa shape index (κ1) is 22.5. The van der Waals surface area contributed by atoms with Gasteiger partial charge < -0.3 is 15.3 Å². The van der Waals surface area contributed by atoms with Crippen LogP contribution in [0.3, 0.4) is 0 Å². The van der Waals surface area contributed by atoms with Crippen LogP contribution in [0.5, 0.6) is 0 Å². The Balaban J connectivity index is 0.000000367. The number of aliphatic carboxylic acids is 1. The third kappa shape index (κ3) is 4.77. The van der Waals surface area contributed by atoms with Crippen LogP contribution in [0.15, 0.2) is 41.3 Å². The number of hydrogen-bond donors (Lipinski definition) is 2. The van der Waals surface area contributed by atoms with Crippen molar-refractivity contribution in [1.82, 2.24) is 9.62 Å². The number of carbonyl (C=O) groups is 1. The van der Waals surface area contributed by atoms with Gasteiger partial charge in [-0.05, 0) is 50.9 Å². The maximum Gasteiger partial charge on any atom is 0.322 e. The van der Waals surface area contributed by atoms with E-state index in [0.29, 0.717) is 18.2 Å². The van der Waals surface area contributed by atoms with Crippen molar-refractivity contribution in [1.29, 1.82) is 0 Å². The Morgan fingerprint density at radius 1 is 1.03 bits per heavy atom. The average molecular weight is 434 g/mol. The van der Waals surface area contributed by atoms with Gasteiger partial charge in [-0.15, -0.1) is 0 Å². The summed E-state index contributed by atoms with van der Waals surface area (Å²) in [7, 11) is -0.0686. The van der Waals surface area contributed by atoms with Crippen LogP contribution in [0, 0.1) is 0 Å². The first-order valence-electron chi connectivity index (χ1n) is 10.5. The van der Waals surface area contributed by atoms with Crippen molar-refractivity contribution in [2.45, 2.75) is 43.0 Å². The minimum Gasteiger partial charge on any atom is -0.480 e. The minimum absolute atomic E-state index is 0.164. The van der Waals surface area contributed by atoms with E-state index in [1.807, 2.05) is 37.2 Å². The van der Waals surface area contributed by atoms with Crippen LogP contribution in [0.4, 0.5) is 5.69 Å². The van der Waals surface area contributed by atoms with Crippen molar-refractivity contribution >= 4 is 32.5 Å². The molecular weight excluding hydrogens is 402 g/mol. The number of carboxylic acid groups (broad SMARTS) is 1. The summed E-state index contributed by atoms with van der Waals surface area (Å²) in [6.45, 7) is 2.74. The van der Waals surface area contributed by atoms with Crippen molar-refractivity contribution in [3.8, 4) is 0 Å². The highest BCUT2D eigenvalue weighted by molar-refractivity contribution is 7.89. The average Bonchev–Trinajstić information content (AvgIpc) is 3.26. The number of piperidine rings is 1. The number of sulfonamides is 1. The van der Waals surface area contributed by atoms with E-state index in [-0.39, 0.29) is 11.4 Å². The summed E-state index contributed by atoms with van der Waals surface area (Å²) in [6.07, 6.45) is 5.12. The molecule has 2 aromatic carbocycles. The number of fused-ring (bicyclic) bond motifs is 1. The van der Waals surface area contributed by atoms with Gasteiger partial charge in [0, 0.05) is 37.1 Å². The Morgan fingerprint density at radius 3 is 2.27 bits per heavy atom. The fourth-order valence-corrected chi connectivity index (χ4v) is 5.94. The lowest BCUT2D eigenvalue weighted by Gasteiger charge is -2.23. The molecule has 0 aromatic heterocycles. The summed E-state index contributed by atoms with van der Waals surface area (Å²) in [5.74, 6) is -1.09. The molecule has 0 aliphatic carbocycles. The van der Waals surface area contributed by atoms with Gasteiger partial charge in [-0.3, -0.25) is 4.79 Å². The molecule has 4 rings (SSSR count). The van der Waals surface area contributed by atoms with Crippen LogP contribution < -0.4 is 10.2 Å². The molecule has 0 bridgehead atoms. The van der Waals surface area contributed by atoms with E-state index in [0.717, 1.165) is 15.4 Å². The highest BCUT2D eigenvalue weighted by Gasteiger charge is 2.40. The Hall–Kier alpha value is -2.16. The number of carboxylic acids is 1. The Labute approximate surface area is 178 Å². The second kappa shape index (κ2) is 9.76. The number of rotatable bonds is 4. The summed E-state index contributed by atoms with van der Waals surface area (Å²) in [5.41, 5.74) is 0.917. The molecule has 2 aromatic rings. The highest BCUT2D eigenvalue weighted by atomic mass is 32.2. The molecule has 1 atom stereocenters. The van der Waals surface area contributed by atoms with Gasteiger partial charge >= 0.3 is 5.97 Å². The number of hydrogen-bond acceptors (Lipinski definition) is 5. The Bertz CT molecular complexity index is 976. The van der Waals surface area contributed by atoms with Gasteiger partial charge in [0.05, 0.1) is 4.90 Å². The van der Waals surface area contributed by atoms with Crippen LogP contribution in [0.1, 0.15) is 32.1 Å². The van der Waals surface area contributed by atoms with Crippen molar-refractivity contribution in [3.63, 3.8) is 0 Å². The molecule has 2 aliphatic heterocycles. The molecule has 7 nitrogen and oxygen atoms in total. The second-order valence-corrected chi connectivity index (χ2v) is 9.80. The first-order valence-corrected chi connectivity index (χ1v) is 11.9. The van der Waals surface area contributed by atoms with Gasteiger partial charge in [0.25, 0.3) is 0 Å². The van der Waals surface area contributed by atoms with E-state index < -0.39 is 22.0 Å².